The van der Waals surface area contributed by atoms with Gasteiger partial charge in [-0.05, 0) is 31.5 Å². The zero-order chi connectivity index (χ0) is 11.4. The number of esters is 1. The molecule has 0 aromatic heterocycles. The number of benzene rings is 1. The number of hydrogen-bond acceptors (Lipinski definition) is 3. The largest absolute Gasteiger partial charge is 0.496 e. The van der Waals surface area contributed by atoms with E-state index in [-0.39, 0.29) is 17.9 Å². The topological polar surface area (TPSA) is 35.5 Å². The summed E-state index contributed by atoms with van der Waals surface area (Å²) >= 11 is 0. The molecule has 0 heterocycles. The molecule has 3 nitrogen and oxygen atoms in total. The van der Waals surface area contributed by atoms with E-state index in [4.69, 9.17) is 9.47 Å². The van der Waals surface area contributed by atoms with Gasteiger partial charge in [0.15, 0.2) is 0 Å². The number of aryl methyl sites for hydroxylation is 1. The third kappa shape index (κ3) is 2.46. The molecule has 0 saturated heterocycles. The van der Waals surface area contributed by atoms with Crippen LogP contribution in [-0.4, -0.2) is 19.7 Å². The monoisotopic (exact) mass is 212 g/mol. The van der Waals surface area contributed by atoms with Crippen LogP contribution in [-0.2, 0) is 4.74 Å². The molecule has 4 heteroatoms. The fourth-order valence-corrected chi connectivity index (χ4v) is 1.27. The number of halogens is 1. The van der Waals surface area contributed by atoms with Crippen LogP contribution in [0.15, 0.2) is 12.1 Å². The Kier molecular flexibility index (Phi) is 3.66. The Morgan fingerprint density at radius 2 is 2.13 bits per heavy atom. The van der Waals surface area contributed by atoms with Crippen LogP contribution in [0, 0.1) is 12.7 Å². The first-order valence-electron chi connectivity index (χ1n) is 4.61. The molecule has 0 radical (unpaired) electrons. The van der Waals surface area contributed by atoms with Gasteiger partial charge in [-0.15, -0.1) is 0 Å². The van der Waals surface area contributed by atoms with E-state index in [9.17, 15) is 9.18 Å². The fraction of sp³-hybridized carbons (Fsp3) is 0.364. The number of methoxy groups -OCH3 is 1. The predicted octanol–water partition coefficient (Wildman–Crippen LogP) is 2.32. The van der Waals surface area contributed by atoms with Crippen LogP contribution in [0.2, 0.25) is 0 Å². The van der Waals surface area contributed by atoms with E-state index in [1.54, 1.807) is 19.9 Å². The molecule has 0 aliphatic heterocycles. The molecule has 15 heavy (non-hydrogen) atoms. The lowest BCUT2D eigenvalue weighted by molar-refractivity contribution is 0.0517. The van der Waals surface area contributed by atoms with Gasteiger partial charge in [-0.3, -0.25) is 0 Å². The molecule has 0 fully saturated rings. The summed E-state index contributed by atoms with van der Waals surface area (Å²) in [4.78, 5) is 11.4. The van der Waals surface area contributed by atoms with Crippen molar-refractivity contribution >= 4 is 5.97 Å². The number of carbonyl (C=O) groups excluding carboxylic acids is 1. The smallest absolute Gasteiger partial charge is 0.344 e. The van der Waals surface area contributed by atoms with Crippen molar-refractivity contribution in [2.75, 3.05) is 13.7 Å². The minimum absolute atomic E-state index is 0.148. The summed E-state index contributed by atoms with van der Waals surface area (Å²) in [5.74, 6) is -1.12. The van der Waals surface area contributed by atoms with Crippen LogP contribution in [0.25, 0.3) is 0 Å². The second-order valence-corrected chi connectivity index (χ2v) is 3.04. The maximum absolute atomic E-state index is 13.5. The molecular weight excluding hydrogens is 199 g/mol. The van der Waals surface area contributed by atoms with E-state index >= 15 is 0 Å². The van der Waals surface area contributed by atoms with E-state index in [0.29, 0.717) is 5.56 Å². The van der Waals surface area contributed by atoms with Crippen LogP contribution in [0.5, 0.6) is 5.75 Å². The molecule has 0 aliphatic rings. The van der Waals surface area contributed by atoms with Gasteiger partial charge in [-0.25, -0.2) is 9.18 Å². The van der Waals surface area contributed by atoms with Crippen LogP contribution in [0.3, 0.4) is 0 Å². The Morgan fingerprint density at radius 3 is 2.67 bits per heavy atom. The normalized spacial score (nSPS) is 9.87. The average molecular weight is 212 g/mol. The van der Waals surface area contributed by atoms with Gasteiger partial charge >= 0.3 is 5.97 Å². The summed E-state index contributed by atoms with van der Waals surface area (Å²) in [6.07, 6.45) is 0. The van der Waals surface area contributed by atoms with Crippen molar-refractivity contribution in [3.63, 3.8) is 0 Å². The molecule has 0 unspecified atom stereocenters. The van der Waals surface area contributed by atoms with Gasteiger partial charge in [-0.1, -0.05) is 0 Å². The maximum atomic E-state index is 13.5. The molecule has 1 aromatic carbocycles. The van der Waals surface area contributed by atoms with E-state index in [2.05, 4.69) is 0 Å². The maximum Gasteiger partial charge on any atom is 0.344 e. The Hall–Kier alpha value is -1.58. The Labute approximate surface area is 87.8 Å². The Balaban J connectivity index is 3.20. The molecule has 1 rings (SSSR count). The van der Waals surface area contributed by atoms with Gasteiger partial charge in [0, 0.05) is 0 Å². The third-order valence-electron chi connectivity index (χ3n) is 1.90. The third-order valence-corrected chi connectivity index (χ3v) is 1.90. The molecule has 82 valence electrons. The Bertz CT molecular complexity index is 374. The highest BCUT2D eigenvalue weighted by molar-refractivity contribution is 5.93. The summed E-state index contributed by atoms with van der Waals surface area (Å²) in [5.41, 5.74) is 0.544. The lowest BCUT2D eigenvalue weighted by atomic mass is 10.1. The number of carbonyl (C=O) groups is 1. The second-order valence-electron chi connectivity index (χ2n) is 3.04. The molecule has 0 amide bonds. The van der Waals surface area contributed by atoms with Gasteiger partial charge in [0.25, 0.3) is 0 Å². The van der Waals surface area contributed by atoms with Crippen molar-refractivity contribution in [2.45, 2.75) is 13.8 Å². The predicted molar refractivity (Wildman–Crippen MR) is 53.6 cm³/mol. The summed E-state index contributed by atoms with van der Waals surface area (Å²) < 4.78 is 23.2. The van der Waals surface area contributed by atoms with Gasteiger partial charge in [0.2, 0.25) is 0 Å². The minimum Gasteiger partial charge on any atom is -0.496 e. The zero-order valence-electron chi connectivity index (χ0n) is 8.96. The first-order chi connectivity index (χ1) is 7.10. The molecule has 0 spiro atoms. The summed E-state index contributed by atoms with van der Waals surface area (Å²) in [6, 6.07) is 2.87. The lowest BCUT2D eigenvalue weighted by Crippen LogP contribution is -2.09. The van der Waals surface area contributed by atoms with E-state index in [1.165, 1.54) is 13.2 Å². The van der Waals surface area contributed by atoms with Gasteiger partial charge in [0.1, 0.15) is 17.1 Å². The highest BCUT2D eigenvalue weighted by atomic mass is 19.1. The number of rotatable bonds is 3. The van der Waals surface area contributed by atoms with Gasteiger partial charge in [-0.2, -0.15) is 0 Å². The van der Waals surface area contributed by atoms with Crippen LogP contribution >= 0.6 is 0 Å². The SMILES string of the molecule is CCOC(=O)c1c(F)cc(C)cc1OC. The van der Waals surface area contributed by atoms with Crippen LogP contribution in [0.4, 0.5) is 4.39 Å². The molecule has 1 aromatic rings. The number of ether oxygens (including phenoxy) is 2. The number of hydrogen-bond donors (Lipinski definition) is 0. The molecule has 0 N–H and O–H groups in total. The zero-order valence-corrected chi connectivity index (χ0v) is 8.96. The second kappa shape index (κ2) is 4.77. The fourth-order valence-electron chi connectivity index (χ4n) is 1.27. The van der Waals surface area contributed by atoms with Gasteiger partial charge in [0.05, 0.1) is 13.7 Å². The first kappa shape index (κ1) is 11.5. The van der Waals surface area contributed by atoms with Gasteiger partial charge < -0.3 is 9.47 Å². The van der Waals surface area contributed by atoms with Crippen LogP contribution in [0.1, 0.15) is 22.8 Å². The minimum atomic E-state index is -0.702. The summed E-state index contributed by atoms with van der Waals surface area (Å²) in [6.45, 7) is 3.59. The molecule has 0 bridgehead atoms. The Morgan fingerprint density at radius 1 is 1.47 bits per heavy atom. The summed E-state index contributed by atoms with van der Waals surface area (Å²) in [5, 5.41) is 0. The van der Waals surface area contributed by atoms with Crippen molar-refractivity contribution in [1.82, 2.24) is 0 Å². The van der Waals surface area contributed by atoms with E-state index in [0.717, 1.165) is 0 Å². The van der Waals surface area contributed by atoms with Crippen LogP contribution < -0.4 is 4.74 Å². The highest BCUT2D eigenvalue weighted by Gasteiger charge is 2.19. The molecule has 0 atom stereocenters. The highest BCUT2D eigenvalue weighted by Crippen LogP contribution is 2.24. The lowest BCUT2D eigenvalue weighted by Gasteiger charge is -2.09. The average Bonchev–Trinajstić information content (AvgIpc) is 2.16. The summed E-state index contributed by atoms with van der Waals surface area (Å²) in [7, 11) is 1.39. The standard InChI is InChI=1S/C11H13FO3/c1-4-15-11(13)10-8(12)5-7(2)6-9(10)14-3/h5-6H,4H2,1-3H3. The van der Waals surface area contributed by atoms with Crippen molar-refractivity contribution < 1.29 is 18.7 Å². The van der Waals surface area contributed by atoms with Crippen molar-refractivity contribution in [3.8, 4) is 5.75 Å². The quantitative estimate of drug-likeness (QED) is 0.721. The molecule has 0 aliphatic carbocycles. The van der Waals surface area contributed by atoms with Crippen molar-refractivity contribution in [3.05, 3.63) is 29.1 Å². The first-order valence-corrected chi connectivity index (χ1v) is 4.61. The van der Waals surface area contributed by atoms with E-state index in [1.807, 2.05) is 0 Å². The van der Waals surface area contributed by atoms with Crippen molar-refractivity contribution in [2.24, 2.45) is 0 Å². The van der Waals surface area contributed by atoms with Crippen molar-refractivity contribution in [1.29, 1.82) is 0 Å². The molecular formula is C11H13FO3. The molecule has 0 saturated carbocycles. The van der Waals surface area contributed by atoms with E-state index < -0.39 is 11.8 Å².